The summed E-state index contributed by atoms with van der Waals surface area (Å²) in [6, 6.07) is 5.58. The average Bonchev–Trinajstić information content (AvgIpc) is 2.65. The molecular formula is C18H25N5O2. The molecule has 2 aromatic rings. The first-order valence-corrected chi connectivity index (χ1v) is 8.81. The maximum atomic E-state index is 11.2. The van der Waals surface area contributed by atoms with Gasteiger partial charge in [0.15, 0.2) is 0 Å². The Kier molecular flexibility index (Phi) is 5.45. The van der Waals surface area contributed by atoms with E-state index in [2.05, 4.69) is 33.9 Å². The SMILES string of the molecule is CCN1CCN(C(C)CNc2ccc([N+](=O)[O-])c3cnccc23)CC1. The normalized spacial score (nSPS) is 17.5. The average molecular weight is 343 g/mol. The predicted octanol–water partition coefficient (Wildman–Crippen LogP) is 2.58. The van der Waals surface area contributed by atoms with Crippen molar-refractivity contribution in [1.82, 2.24) is 14.8 Å². The summed E-state index contributed by atoms with van der Waals surface area (Å²) in [5.41, 5.74) is 1.01. The van der Waals surface area contributed by atoms with Crippen molar-refractivity contribution in [3.8, 4) is 0 Å². The van der Waals surface area contributed by atoms with E-state index in [1.54, 1.807) is 24.5 Å². The highest BCUT2D eigenvalue weighted by Gasteiger charge is 2.20. The topological polar surface area (TPSA) is 74.5 Å². The molecule has 0 radical (unpaired) electrons. The van der Waals surface area contributed by atoms with E-state index in [0.29, 0.717) is 11.4 Å². The summed E-state index contributed by atoms with van der Waals surface area (Å²) in [6.45, 7) is 10.8. The first kappa shape index (κ1) is 17.6. The lowest BCUT2D eigenvalue weighted by Crippen LogP contribution is -2.51. The van der Waals surface area contributed by atoms with E-state index in [9.17, 15) is 10.1 Å². The monoisotopic (exact) mass is 343 g/mol. The van der Waals surface area contributed by atoms with E-state index in [0.717, 1.165) is 50.3 Å². The van der Waals surface area contributed by atoms with Crippen LogP contribution in [0.15, 0.2) is 30.6 Å². The Morgan fingerprint density at radius 1 is 1.24 bits per heavy atom. The van der Waals surface area contributed by atoms with Crippen LogP contribution in [0.2, 0.25) is 0 Å². The molecule has 134 valence electrons. The number of aromatic nitrogens is 1. The van der Waals surface area contributed by atoms with Gasteiger partial charge in [0.05, 0.1) is 10.3 Å². The summed E-state index contributed by atoms with van der Waals surface area (Å²) in [7, 11) is 0. The number of non-ortho nitro benzene ring substituents is 1. The zero-order valence-corrected chi connectivity index (χ0v) is 14.8. The molecule has 1 aromatic heterocycles. The van der Waals surface area contributed by atoms with E-state index in [1.807, 2.05) is 6.07 Å². The standard InChI is InChI=1S/C18H25N5O2/c1-3-21-8-10-22(11-9-21)14(2)12-20-17-4-5-18(23(24)25)16-13-19-7-6-15(16)17/h4-7,13-14,20H,3,8-12H2,1-2H3. The fraction of sp³-hybridized carbons (Fsp3) is 0.500. The number of nitrogens with one attached hydrogen (secondary N) is 1. The van der Waals surface area contributed by atoms with Gasteiger partial charge in [-0.2, -0.15) is 0 Å². The first-order valence-electron chi connectivity index (χ1n) is 8.81. The molecule has 7 heteroatoms. The molecular weight excluding hydrogens is 318 g/mol. The van der Waals surface area contributed by atoms with Gasteiger partial charge in [-0.1, -0.05) is 6.92 Å². The number of hydrogen-bond donors (Lipinski definition) is 1. The number of nitro groups is 1. The molecule has 1 N–H and O–H groups in total. The third kappa shape index (κ3) is 3.88. The van der Waals surface area contributed by atoms with Gasteiger partial charge in [-0.3, -0.25) is 20.0 Å². The van der Waals surface area contributed by atoms with Crippen LogP contribution in [-0.2, 0) is 0 Å². The summed E-state index contributed by atoms with van der Waals surface area (Å²) in [4.78, 5) is 19.8. The van der Waals surface area contributed by atoms with E-state index in [-0.39, 0.29) is 10.6 Å². The van der Waals surface area contributed by atoms with Crippen LogP contribution in [-0.4, -0.2) is 65.0 Å². The second kappa shape index (κ2) is 7.76. The minimum absolute atomic E-state index is 0.0948. The van der Waals surface area contributed by atoms with Gasteiger partial charge in [-0.25, -0.2) is 0 Å². The number of benzene rings is 1. The molecule has 1 atom stereocenters. The zero-order valence-electron chi connectivity index (χ0n) is 14.8. The van der Waals surface area contributed by atoms with E-state index < -0.39 is 0 Å². The Morgan fingerprint density at radius 2 is 2.00 bits per heavy atom. The summed E-state index contributed by atoms with van der Waals surface area (Å²) in [5.74, 6) is 0. The smallest absolute Gasteiger partial charge is 0.278 e. The van der Waals surface area contributed by atoms with Gasteiger partial charge in [-0.05, 0) is 25.6 Å². The lowest BCUT2D eigenvalue weighted by molar-refractivity contribution is -0.383. The van der Waals surface area contributed by atoms with Gasteiger partial charge >= 0.3 is 0 Å². The molecule has 7 nitrogen and oxygen atoms in total. The Bertz CT molecular complexity index is 743. The third-order valence-corrected chi connectivity index (χ3v) is 5.06. The van der Waals surface area contributed by atoms with Crippen LogP contribution < -0.4 is 5.32 Å². The fourth-order valence-corrected chi connectivity index (χ4v) is 3.40. The number of fused-ring (bicyclic) bond motifs is 1. The number of nitrogens with zero attached hydrogens (tertiary/aromatic N) is 4. The highest BCUT2D eigenvalue weighted by molar-refractivity contribution is 5.99. The summed E-state index contributed by atoms with van der Waals surface area (Å²) < 4.78 is 0. The number of pyridine rings is 1. The number of likely N-dealkylation sites (N-methyl/N-ethyl adjacent to an activating group) is 1. The van der Waals surface area contributed by atoms with Crippen LogP contribution in [0.25, 0.3) is 10.8 Å². The fourth-order valence-electron chi connectivity index (χ4n) is 3.40. The Balaban J connectivity index is 1.69. The van der Waals surface area contributed by atoms with Crippen LogP contribution in [0.3, 0.4) is 0 Å². The van der Waals surface area contributed by atoms with E-state index >= 15 is 0 Å². The minimum atomic E-state index is -0.358. The van der Waals surface area contributed by atoms with Crippen molar-refractivity contribution in [1.29, 1.82) is 0 Å². The molecule has 0 bridgehead atoms. The molecule has 1 unspecified atom stereocenters. The third-order valence-electron chi connectivity index (χ3n) is 5.06. The van der Waals surface area contributed by atoms with Gasteiger partial charge in [0.25, 0.3) is 5.69 Å². The molecule has 0 amide bonds. The number of piperazine rings is 1. The quantitative estimate of drug-likeness (QED) is 0.642. The Morgan fingerprint density at radius 3 is 2.68 bits per heavy atom. The van der Waals surface area contributed by atoms with Crippen molar-refractivity contribution in [3.05, 3.63) is 40.7 Å². The largest absolute Gasteiger partial charge is 0.383 e. The second-order valence-corrected chi connectivity index (χ2v) is 6.51. The number of rotatable bonds is 6. The predicted molar refractivity (Wildman–Crippen MR) is 100 cm³/mol. The van der Waals surface area contributed by atoms with Crippen LogP contribution in [0.4, 0.5) is 11.4 Å². The van der Waals surface area contributed by atoms with Crippen LogP contribution in [0, 0.1) is 10.1 Å². The van der Waals surface area contributed by atoms with Crippen molar-refractivity contribution < 1.29 is 4.92 Å². The summed E-state index contributed by atoms with van der Waals surface area (Å²) in [6.07, 6.45) is 3.23. The molecule has 0 aliphatic carbocycles. The molecule has 1 fully saturated rings. The summed E-state index contributed by atoms with van der Waals surface area (Å²) >= 11 is 0. The Labute approximate surface area is 147 Å². The van der Waals surface area contributed by atoms with Crippen LogP contribution in [0.1, 0.15) is 13.8 Å². The summed E-state index contributed by atoms with van der Waals surface area (Å²) in [5, 5.41) is 16.1. The van der Waals surface area contributed by atoms with Gasteiger partial charge in [0, 0.05) is 68.3 Å². The Hall–Kier alpha value is -2.25. The molecule has 0 saturated carbocycles. The lowest BCUT2D eigenvalue weighted by atomic mass is 10.1. The van der Waals surface area contributed by atoms with Crippen molar-refractivity contribution in [2.45, 2.75) is 19.9 Å². The molecule has 25 heavy (non-hydrogen) atoms. The van der Waals surface area contributed by atoms with Crippen molar-refractivity contribution in [3.63, 3.8) is 0 Å². The van der Waals surface area contributed by atoms with E-state index in [1.165, 1.54) is 0 Å². The van der Waals surface area contributed by atoms with Gasteiger partial charge in [-0.15, -0.1) is 0 Å². The number of nitro benzene ring substituents is 1. The molecule has 2 heterocycles. The maximum absolute atomic E-state index is 11.2. The van der Waals surface area contributed by atoms with Gasteiger partial charge < -0.3 is 10.2 Å². The van der Waals surface area contributed by atoms with Gasteiger partial charge in [0.2, 0.25) is 0 Å². The molecule has 1 aliphatic heterocycles. The number of anilines is 1. The molecule has 1 saturated heterocycles. The molecule has 0 spiro atoms. The van der Waals surface area contributed by atoms with E-state index in [4.69, 9.17) is 0 Å². The molecule has 3 rings (SSSR count). The van der Waals surface area contributed by atoms with Crippen LogP contribution >= 0.6 is 0 Å². The first-order chi connectivity index (χ1) is 12.1. The number of hydrogen-bond acceptors (Lipinski definition) is 6. The maximum Gasteiger partial charge on any atom is 0.278 e. The zero-order chi connectivity index (χ0) is 17.8. The second-order valence-electron chi connectivity index (χ2n) is 6.51. The lowest BCUT2D eigenvalue weighted by Gasteiger charge is -2.37. The molecule has 1 aromatic carbocycles. The molecule has 1 aliphatic rings. The minimum Gasteiger partial charge on any atom is -0.383 e. The van der Waals surface area contributed by atoms with Gasteiger partial charge in [0.1, 0.15) is 0 Å². The van der Waals surface area contributed by atoms with Crippen molar-refractivity contribution in [2.75, 3.05) is 44.6 Å². The van der Waals surface area contributed by atoms with Crippen LogP contribution in [0.5, 0.6) is 0 Å². The van der Waals surface area contributed by atoms with Crippen molar-refractivity contribution >= 4 is 22.1 Å². The highest BCUT2D eigenvalue weighted by atomic mass is 16.6. The van der Waals surface area contributed by atoms with Crippen molar-refractivity contribution in [2.24, 2.45) is 0 Å². The highest BCUT2D eigenvalue weighted by Crippen LogP contribution is 2.30.